The minimum absolute atomic E-state index is 0.0765. The Balaban J connectivity index is 2.61. The van der Waals surface area contributed by atoms with E-state index in [0.717, 1.165) is 25.8 Å². The van der Waals surface area contributed by atoms with E-state index < -0.39 is 5.97 Å². The van der Waals surface area contributed by atoms with Gasteiger partial charge in [-0.25, -0.2) is 0 Å². The van der Waals surface area contributed by atoms with Crippen molar-refractivity contribution in [3.63, 3.8) is 0 Å². The number of carboxylic acids is 1. The second-order valence-corrected chi connectivity index (χ2v) is 4.46. The third-order valence-corrected chi connectivity index (χ3v) is 2.82. The first kappa shape index (κ1) is 13.0. The molecule has 1 fully saturated rings. The molecule has 1 heterocycles. The van der Waals surface area contributed by atoms with E-state index in [1.54, 1.807) is 0 Å². The van der Waals surface area contributed by atoms with E-state index >= 15 is 0 Å². The van der Waals surface area contributed by atoms with Gasteiger partial charge in [0.2, 0.25) is 5.91 Å². The van der Waals surface area contributed by atoms with Gasteiger partial charge in [0.15, 0.2) is 0 Å². The van der Waals surface area contributed by atoms with Crippen LogP contribution in [0.15, 0.2) is 0 Å². The molecule has 1 atom stereocenters. The van der Waals surface area contributed by atoms with Crippen LogP contribution in [0.2, 0.25) is 0 Å². The average molecular weight is 228 g/mol. The predicted octanol–water partition coefficient (Wildman–Crippen LogP) is 0.450. The van der Waals surface area contributed by atoms with Crippen LogP contribution in [-0.4, -0.2) is 47.1 Å². The van der Waals surface area contributed by atoms with Gasteiger partial charge in [0.1, 0.15) is 6.54 Å². The Labute approximate surface area is 95.8 Å². The first-order chi connectivity index (χ1) is 7.52. The number of aliphatic carboxylic acids is 1. The number of amides is 1. The summed E-state index contributed by atoms with van der Waals surface area (Å²) in [6.45, 7) is 4.30. The van der Waals surface area contributed by atoms with Crippen molar-refractivity contribution in [3.05, 3.63) is 0 Å². The molecule has 1 aliphatic heterocycles. The molecule has 1 aliphatic rings. The van der Waals surface area contributed by atoms with Crippen molar-refractivity contribution in [2.24, 2.45) is 0 Å². The van der Waals surface area contributed by atoms with Crippen LogP contribution < -0.4 is 5.32 Å². The maximum absolute atomic E-state index is 12.1. The van der Waals surface area contributed by atoms with E-state index in [9.17, 15) is 9.59 Å². The maximum atomic E-state index is 12.1. The molecule has 0 spiro atoms. The van der Waals surface area contributed by atoms with Crippen molar-refractivity contribution in [1.29, 1.82) is 0 Å². The summed E-state index contributed by atoms with van der Waals surface area (Å²) in [5.41, 5.74) is 0. The number of carboxylic acid groups (broad SMARTS) is 1. The minimum Gasteiger partial charge on any atom is -0.480 e. The van der Waals surface area contributed by atoms with E-state index in [2.05, 4.69) is 5.32 Å². The zero-order valence-electron chi connectivity index (χ0n) is 9.90. The molecule has 16 heavy (non-hydrogen) atoms. The number of hydrogen-bond donors (Lipinski definition) is 2. The van der Waals surface area contributed by atoms with Crippen LogP contribution in [0.25, 0.3) is 0 Å². The second kappa shape index (κ2) is 5.84. The van der Waals surface area contributed by atoms with Gasteiger partial charge in [0, 0.05) is 6.04 Å². The van der Waals surface area contributed by atoms with Crippen LogP contribution in [0.5, 0.6) is 0 Å². The zero-order valence-corrected chi connectivity index (χ0v) is 9.90. The molecule has 0 saturated carbocycles. The molecule has 0 bridgehead atoms. The number of hydrogen-bond acceptors (Lipinski definition) is 3. The number of nitrogens with one attached hydrogen (secondary N) is 1. The Morgan fingerprint density at radius 1 is 1.44 bits per heavy atom. The van der Waals surface area contributed by atoms with E-state index in [-0.39, 0.29) is 24.5 Å². The third kappa shape index (κ3) is 3.48. The molecule has 0 aromatic heterocycles. The lowest BCUT2D eigenvalue weighted by Crippen LogP contribution is -2.52. The molecule has 0 radical (unpaired) electrons. The molecule has 5 heteroatoms. The Morgan fingerprint density at radius 3 is 2.56 bits per heavy atom. The molecule has 1 rings (SSSR count). The van der Waals surface area contributed by atoms with Crippen LogP contribution in [0.3, 0.4) is 0 Å². The van der Waals surface area contributed by atoms with E-state index in [1.807, 2.05) is 13.8 Å². The summed E-state index contributed by atoms with van der Waals surface area (Å²) in [5.74, 6) is -1.05. The first-order valence-electron chi connectivity index (χ1n) is 5.78. The standard InChI is InChI=1S/C11H20N2O3/c1-8(2)13(7-10(14)15)11(16)9-5-3-4-6-12-9/h8-9,12H,3-7H2,1-2H3,(H,14,15). The molecule has 1 saturated heterocycles. The average Bonchev–Trinajstić information content (AvgIpc) is 2.25. The van der Waals surface area contributed by atoms with E-state index in [4.69, 9.17) is 5.11 Å². The van der Waals surface area contributed by atoms with Gasteiger partial charge in [-0.3, -0.25) is 9.59 Å². The second-order valence-electron chi connectivity index (χ2n) is 4.46. The fourth-order valence-corrected chi connectivity index (χ4v) is 1.92. The largest absolute Gasteiger partial charge is 0.480 e. The molecule has 2 N–H and O–H groups in total. The molecular formula is C11H20N2O3. The molecule has 5 nitrogen and oxygen atoms in total. The lowest BCUT2D eigenvalue weighted by molar-refractivity contribution is -0.147. The Morgan fingerprint density at radius 2 is 2.12 bits per heavy atom. The lowest BCUT2D eigenvalue weighted by atomic mass is 10.0. The summed E-state index contributed by atoms with van der Waals surface area (Å²) in [7, 11) is 0. The van der Waals surface area contributed by atoms with Gasteiger partial charge in [0.05, 0.1) is 6.04 Å². The quantitative estimate of drug-likeness (QED) is 0.733. The van der Waals surface area contributed by atoms with Crippen LogP contribution >= 0.6 is 0 Å². The van der Waals surface area contributed by atoms with Crippen LogP contribution in [0, 0.1) is 0 Å². The number of rotatable bonds is 4. The number of nitrogens with zero attached hydrogens (tertiary/aromatic N) is 1. The van der Waals surface area contributed by atoms with E-state index in [1.165, 1.54) is 4.90 Å². The Bertz CT molecular complexity index is 260. The molecule has 1 unspecified atom stereocenters. The van der Waals surface area contributed by atoms with Crippen molar-refractivity contribution in [1.82, 2.24) is 10.2 Å². The van der Waals surface area contributed by atoms with Crippen LogP contribution in [0.4, 0.5) is 0 Å². The highest BCUT2D eigenvalue weighted by Crippen LogP contribution is 2.11. The van der Waals surface area contributed by atoms with Crippen molar-refractivity contribution in [2.75, 3.05) is 13.1 Å². The molecular weight excluding hydrogens is 208 g/mol. The summed E-state index contributed by atoms with van der Waals surface area (Å²) in [4.78, 5) is 24.2. The highest BCUT2D eigenvalue weighted by Gasteiger charge is 2.28. The topological polar surface area (TPSA) is 69.6 Å². The maximum Gasteiger partial charge on any atom is 0.323 e. The van der Waals surface area contributed by atoms with Gasteiger partial charge in [-0.15, -0.1) is 0 Å². The van der Waals surface area contributed by atoms with Gasteiger partial charge < -0.3 is 15.3 Å². The number of carbonyl (C=O) groups excluding carboxylic acids is 1. The number of piperidine rings is 1. The van der Waals surface area contributed by atoms with Gasteiger partial charge in [-0.05, 0) is 33.2 Å². The van der Waals surface area contributed by atoms with Crippen molar-refractivity contribution < 1.29 is 14.7 Å². The highest BCUT2D eigenvalue weighted by molar-refractivity contribution is 5.85. The first-order valence-corrected chi connectivity index (χ1v) is 5.78. The fourth-order valence-electron chi connectivity index (χ4n) is 1.92. The molecule has 92 valence electrons. The van der Waals surface area contributed by atoms with Gasteiger partial charge >= 0.3 is 5.97 Å². The third-order valence-electron chi connectivity index (χ3n) is 2.82. The zero-order chi connectivity index (χ0) is 12.1. The Hall–Kier alpha value is -1.10. The highest BCUT2D eigenvalue weighted by atomic mass is 16.4. The van der Waals surface area contributed by atoms with E-state index in [0.29, 0.717) is 0 Å². The molecule has 0 aromatic rings. The van der Waals surface area contributed by atoms with Gasteiger partial charge in [-0.2, -0.15) is 0 Å². The summed E-state index contributed by atoms with van der Waals surface area (Å²) >= 11 is 0. The van der Waals surface area contributed by atoms with Crippen LogP contribution in [0.1, 0.15) is 33.1 Å². The summed E-state index contributed by atoms with van der Waals surface area (Å²) in [6, 6.07) is -0.275. The Kier molecular flexibility index (Phi) is 4.73. The minimum atomic E-state index is -0.960. The lowest BCUT2D eigenvalue weighted by Gasteiger charge is -2.31. The van der Waals surface area contributed by atoms with Crippen molar-refractivity contribution in [2.45, 2.75) is 45.2 Å². The normalized spacial score (nSPS) is 20.8. The van der Waals surface area contributed by atoms with Crippen molar-refractivity contribution in [3.8, 4) is 0 Å². The van der Waals surface area contributed by atoms with Crippen LogP contribution in [-0.2, 0) is 9.59 Å². The fraction of sp³-hybridized carbons (Fsp3) is 0.818. The SMILES string of the molecule is CC(C)N(CC(=O)O)C(=O)C1CCCCN1. The number of carbonyl (C=O) groups is 2. The van der Waals surface area contributed by atoms with Gasteiger partial charge in [0.25, 0.3) is 0 Å². The summed E-state index contributed by atoms with van der Waals surface area (Å²) in [5, 5.41) is 11.9. The predicted molar refractivity (Wildman–Crippen MR) is 60.1 cm³/mol. The molecule has 1 amide bonds. The molecule has 0 aliphatic carbocycles. The smallest absolute Gasteiger partial charge is 0.323 e. The monoisotopic (exact) mass is 228 g/mol. The van der Waals surface area contributed by atoms with Crippen molar-refractivity contribution >= 4 is 11.9 Å². The summed E-state index contributed by atoms with van der Waals surface area (Å²) in [6.07, 6.45) is 2.93. The summed E-state index contributed by atoms with van der Waals surface area (Å²) < 4.78 is 0. The molecule has 0 aromatic carbocycles. The van der Waals surface area contributed by atoms with Gasteiger partial charge in [-0.1, -0.05) is 6.42 Å².